The first-order chi connectivity index (χ1) is 19.0. The number of rotatable bonds is 8. The minimum Gasteiger partial charge on any atom is -0.363 e. The monoisotopic (exact) mass is 565 g/mol. The number of piperidine rings is 1. The minimum atomic E-state index is -5.15. The lowest BCUT2D eigenvalue weighted by Crippen LogP contribution is -2.48. The van der Waals surface area contributed by atoms with Crippen LogP contribution in [0.25, 0.3) is 0 Å². The van der Waals surface area contributed by atoms with Crippen LogP contribution in [0.2, 0.25) is 0 Å². The van der Waals surface area contributed by atoms with Gasteiger partial charge in [0.2, 0.25) is 0 Å². The van der Waals surface area contributed by atoms with E-state index in [4.69, 9.17) is 25.4 Å². The van der Waals surface area contributed by atoms with Gasteiger partial charge in [-0.1, -0.05) is 24.1 Å². The Morgan fingerprint density at radius 1 is 1.20 bits per heavy atom. The van der Waals surface area contributed by atoms with E-state index in [0.717, 1.165) is 13.1 Å². The molecule has 2 saturated heterocycles. The lowest BCUT2D eigenvalue weighted by atomic mass is 10.0. The quantitative estimate of drug-likeness (QED) is 0.355. The summed E-state index contributed by atoms with van der Waals surface area (Å²) in [4.78, 5) is 41.3. The van der Waals surface area contributed by atoms with Crippen molar-refractivity contribution in [2.45, 2.75) is 49.7 Å². The van der Waals surface area contributed by atoms with Gasteiger partial charge in [0.1, 0.15) is 24.5 Å². The van der Waals surface area contributed by atoms with Gasteiger partial charge in [-0.15, -0.1) is 6.42 Å². The fourth-order valence-electron chi connectivity index (χ4n) is 4.81. The highest BCUT2D eigenvalue weighted by Crippen LogP contribution is 2.34. The molecule has 216 valence electrons. The summed E-state index contributed by atoms with van der Waals surface area (Å²) in [5.41, 5.74) is -4.88. The number of carbonyl (C=O) groups excluding carboxylic acids is 1. The van der Waals surface area contributed by atoms with Gasteiger partial charge in [-0.2, -0.15) is 17.7 Å². The Hall–Kier alpha value is -3.28. The summed E-state index contributed by atoms with van der Waals surface area (Å²) in [6.45, 7) is 1.27. The first-order valence-corrected chi connectivity index (χ1v) is 12.6. The van der Waals surface area contributed by atoms with E-state index in [9.17, 15) is 27.6 Å². The fourth-order valence-corrected chi connectivity index (χ4v) is 4.81. The summed E-state index contributed by atoms with van der Waals surface area (Å²) >= 11 is 0. The van der Waals surface area contributed by atoms with E-state index in [2.05, 4.69) is 10.8 Å². The summed E-state index contributed by atoms with van der Waals surface area (Å²) in [5.74, 6) is 0.247. The van der Waals surface area contributed by atoms with E-state index in [1.807, 2.05) is 7.05 Å². The highest BCUT2D eigenvalue weighted by atomic mass is 19.4. The predicted octanol–water partition coefficient (Wildman–Crippen LogP) is 2.11. The number of methoxy groups -OCH3 is 1. The van der Waals surface area contributed by atoms with Crippen LogP contribution in [0.3, 0.4) is 0 Å². The van der Waals surface area contributed by atoms with Crippen LogP contribution in [0, 0.1) is 12.3 Å². The number of halogens is 3. The number of benzene rings is 1. The van der Waals surface area contributed by atoms with Gasteiger partial charge in [-0.05, 0) is 19.2 Å². The average Bonchev–Trinajstić information content (AvgIpc) is 3.34. The fraction of sp³-hybridized carbons (Fsp3) is 0.519. The number of ether oxygens (including phenoxy) is 4. The molecule has 10 nitrogen and oxygen atoms in total. The van der Waals surface area contributed by atoms with Crippen molar-refractivity contribution < 1.29 is 36.9 Å². The molecule has 40 heavy (non-hydrogen) atoms. The van der Waals surface area contributed by atoms with Gasteiger partial charge in [-0.3, -0.25) is 14.2 Å². The predicted molar refractivity (Wildman–Crippen MR) is 136 cm³/mol. The van der Waals surface area contributed by atoms with Crippen LogP contribution in [0.15, 0.2) is 46.1 Å². The molecule has 2 aliphatic heterocycles. The molecular formula is C27H30F3N3O7. The molecule has 0 aliphatic carbocycles. The largest absolute Gasteiger partial charge is 0.423 e. The molecule has 0 N–H and O–H groups in total. The Kier molecular flexibility index (Phi) is 8.96. The average molecular weight is 566 g/mol. The molecule has 1 aromatic carbocycles. The summed E-state index contributed by atoms with van der Waals surface area (Å²) < 4.78 is 65.6. The maximum Gasteiger partial charge on any atom is 0.423 e. The van der Waals surface area contributed by atoms with Crippen LogP contribution in [0.5, 0.6) is 0 Å². The Labute approximate surface area is 228 Å². The van der Waals surface area contributed by atoms with Gasteiger partial charge in [0.25, 0.3) is 11.5 Å². The molecule has 0 amide bonds. The van der Waals surface area contributed by atoms with Crippen molar-refractivity contribution in [3.05, 3.63) is 68.5 Å². The third-order valence-electron chi connectivity index (χ3n) is 7.15. The van der Waals surface area contributed by atoms with Crippen LogP contribution in [0.1, 0.15) is 41.4 Å². The lowest BCUT2D eigenvalue weighted by molar-refractivity contribution is -0.257. The van der Waals surface area contributed by atoms with Crippen molar-refractivity contribution in [1.29, 1.82) is 0 Å². The van der Waals surface area contributed by atoms with Gasteiger partial charge in [0.15, 0.2) is 5.79 Å². The van der Waals surface area contributed by atoms with Gasteiger partial charge >= 0.3 is 11.9 Å². The van der Waals surface area contributed by atoms with Crippen LogP contribution in [-0.2, 0) is 25.1 Å². The molecule has 3 heterocycles. The van der Waals surface area contributed by atoms with Crippen molar-refractivity contribution in [3.63, 3.8) is 0 Å². The Balaban J connectivity index is 1.68. The molecule has 4 rings (SSSR count). The summed E-state index contributed by atoms with van der Waals surface area (Å²) in [6, 6.07) is 7.07. The van der Waals surface area contributed by atoms with E-state index in [1.165, 1.54) is 31.4 Å². The smallest absolute Gasteiger partial charge is 0.363 e. The lowest BCUT2D eigenvalue weighted by Gasteiger charge is -2.39. The molecule has 1 aromatic heterocycles. The SMILES string of the molecule is C#CCO[C@H]1C[C@H](n2cc(C(F)(F)F)c(=O)n(C(=O)c3ccccc3)c2=O)O[C@@H]1COC1(OC)CCN(C)CC1. The van der Waals surface area contributed by atoms with Crippen molar-refractivity contribution in [1.82, 2.24) is 14.0 Å². The number of alkyl halides is 3. The van der Waals surface area contributed by atoms with E-state index >= 15 is 0 Å². The van der Waals surface area contributed by atoms with E-state index < -0.39 is 53.1 Å². The number of hydrogen-bond donors (Lipinski definition) is 0. The second-order valence-corrected chi connectivity index (χ2v) is 9.69. The number of aromatic nitrogens is 2. The number of likely N-dealkylation sites (tertiary alicyclic amines) is 1. The third kappa shape index (κ3) is 6.21. The van der Waals surface area contributed by atoms with Gasteiger partial charge in [-0.25, -0.2) is 4.79 Å². The van der Waals surface area contributed by atoms with Crippen molar-refractivity contribution in [2.75, 3.05) is 40.5 Å². The highest BCUT2D eigenvalue weighted by molar-refractivity contribution is 5.95. The summed E-state index contributed by atoms with van der Waals surface area (Å²) in [5, 5.41) is 0. The molecule has 0 saturated carbocycles. The first-order valence-electron chi connectivity index (χ1n) is 12.6. The van der Waals surface area contributed by atoms with E-state index in [-0.39, 0.29) is 29.8 Å². The second-order valence-electron chi connectivity index (χ2n) is 9.69. The molecule has 0 unspecified atom stereocenters. The molecule has 0 radical (unpaired) electrons. The minimum absolute atomic E-state index is 0.0267. The number of carbonyl (C=O) groups is 1. The molecule has 0 spiro atoms. The van der Waals surface area contributed by atoms with Crippen molar-refractivity contribution in [3.8, 4) is 12.3 Å². The zero-order valence-corrected chi connectivity index (χ0v) is 22.1. The number of terminal acetylenes is 1. The Morgan fingerprint density at radius 3 is 2.48 bits per heavy atom. The molecule has 2 fully saturated rings. The normalized spacial score (nSPS) is 23.1. The standard InChI is InChI=1S/C27H30F3N3O7/c1-4-14-38-20-15-22(40-21(20)17-39-26(37-3)10-12-31(2)13-11-26)32-16-19(27(28,29)30)24(35)33(25(32)36)23(34)18-8-6-5-7-9-18/h1,5-9,16,20-22H,10-15,17H2,2-3H3/t20-,21+,22+/m0/s1. The van der Waals surface area contributed by atoms with Crippen LogP contribution in [-0.4, -0.2) is 78.4 Å². The van der Waals surface area contributed by atoms with Gasteiger partial charge in [0, 0.05) is 51.2 Å². The molecular weight excluding hydrogens is 535 g/mol. The first kappa shape index (κ1) is 29.7. The van der Waals surface area contributed by atoms with Gasteiger partial charge in [0.05, 0.1) is 12.7 Å². The van der Waals surface area contributed by atoms with Crippen molar-refractivity contribution in [2.24, 2.45) is 0 Å². The zero-order valence-electron chi connectivity index (χ0n) is 22.1. The molecule has 3 atom stereocenters. The van der Waals surface area contributed by atoms with E-state index in [1.54, 1.807) is 6.07 Å². The molecule has 13 heteroatoms. The maximum absolute atomic E-state index is 13.9. The van der Waals surface area contributed by atoms with E-state index in [0.29, 0.717) is 23.6 Å². The third-order valence-corrected chi connectivity index (χ3v) is 7.15. The topological polar surface area (TPSA) is 101 Å². The Morgan fingerprint density at radius 2 is 1.88 bits per heavy atom. The molecule has 0 bridgehead atoms. The van der Waals surface area contributed by atoms with Crippen LogP contribution in [0.4, 0.5) is 13.2 Å². The van der Waals surface area contributed by atoms with Gasteiger partial charge < -0.3 is 23.8 Å². The highest BCUT2D eigenvalue weighted by Gasteiger charge is 2.43. The number of nitrogens with zero attached hydrogens (tertiary/aromatic N) is 3. The molecule has 2 aromatic rings. The summed E-state index contributed by atoms with van der Waals surface area (Å²) in [7, 11) is 3.50. The van der Waals surface area contributed by atoms with Crippen LogP contribution >= 0.6 is 0 Å². The zero-order chi connectivity index (χ0) is 29.1. The van der Waals surface area contributed by atoms with Crippen LogP contribution < -0.4 is 11.2 Å². The maximum atomic E-state index is 13.9. The van der Waals surface area contributed by atoms with Crippen molar-refractivity contribution >= 4 is 5.91 Å². The molecule has 2 aliphatic rings. The number of hydrogen-bond acceptors (Lipinski definition) is 8. The second kappa shape index (κ2) is 12.1. The Bertz CT molecular complexity index is 1360. The summed E-state index contributed by atoms with van der Waals surface area (Å²) in [6.07, 6.45) is -1.28.